The van der Waals surface area contributed by atoms with Gasteiger partial charge in [-0.05, 0) is 37.5 Å². The van der Waals surface area contributed by atoms with Crippen LogP contribution < -0.4 is 5.32 Å². The third-order valence-electron chi connectivity index (χ3n) is 3.62. The lowest BCUT2D eigenvalue weighted by molar-refractivity contribution is 0.215. The first kappa shape index (κ1) is 15.6. The lowest BCUT2D eigenvalue weighted by Gasteiger charge is -2.40. The third-order valence-corrected chi connectivity index (χ3v) is 6.93. The molecule has 1 fully saturated rings. The molecule has 1 N–H and O–H groups in total. The molecule has 0 aliphatic heterocycles. The Morgan fingerprint density at radius 2 is 2.11 bits per heavy atom. The van der Waals surface area contributed by atoms with Crippen LogP contribution in [0.5, 0.6) is 0 Å². The highest BCUT2D eigenvalue weighted by atomic mass is 32.2. The van der Waals surface area contributed by atoms with Gasteiger partial charge in [-0.2, -0.15) is 0 Å². The Bertz CT molecular complexity index is 406. The predicted molar refractivity (Wildman–Crippen MR) is 86.4 cm³/mol. The maximum atomic E-state index is 4.31. The van der Waals surface area contributed by atoms with Gasteiger partial charge in [0.1, 0.15) is 0 Å². The summed E-state index contributed by atoms with van der Waals surface area (Å²) in [6.07, 6.45) is 5.89. The van der Waals surface area contributed by atoms with E-state index in [1.807, 2.05) is 11.8 Å². The van der Waals surface area contributed by atoms with Crippen molar-refractivity contribution in [1.29, 1.82) is 0 Å². The van der Waals surface area contributed by atoms with Crippen molar-refractivity contribution < 1.29 is 0 Å². The van der Waals surface area contributed by atoms with Crippen molar-refractivity contribution in [3.05, 3.63) is 0 Å². The Kier molecular flexibility index (Phi) is 5.57. The molecule has 1 saturated carbocycles. The molecule has 1 heterocycles. The second kappa shape index (κ2) is 6.78. The van der Waals surface area contributed by atoms with Crippen LogP contribution in [0.25, 0.3) is 0 Å². The molecule has 0 spiro atoms. The smallest absolute Gasteiger partial charge is 0.175 e. The van der Waals surface area contributed by atoms with E-state index in [1.165, 1.54) is 19.3 Å². The van der Waals surface area contributed by atoms with Gasteiger partial charge in [0.2, 0.25) is 0 Å². The number of hydrogen-bond acceptors (Lipinski definition) is 6. The van der Waals surface area contributed by atoms with Crippen molar-refractivity contribution in [2.24, 2.45) is 5.41 Å². The first-order chi connectivity index (χ1) is 9.04. The molecule has 0 saturated heterocycles. The summed E-state index contributed by atoms with van der Waals surface area (Å²) in [6, 6.07) is 0.615. The van der Waals surface area contributed by atoms with Crippen LogP contribution in [0.4, 0.5) is 0 Å². The van der Waals surface area contributed by atoms with Gasteiger partial charge >= 0.3 is 0 Å². The summed E-state index contributed by atoms with van der Waals surface area (Å²) >= 11 is 5.32. The van der Waals surface area contributed by atoms with E-state index in [2.05, 4.69) is 42.5 Å². The van der Waals surface area contributed by atoms with Gasteiger partial charge in [0.15, 0.2) is 8.68 Å². The summed E-state index contributed by atoms with van der Waals surface area (Å²) in [7, 11) is 0. The Hall–Kier alpha value is 0.220. The maximum absolute atomic E-state index is 4.31. The number of nitrogens with zero attached hydrogens (tertiary/aromatic N) is 2. The largest absolute Gasteiger partial charge is 0.313 e. The van der Waals surface area contributed by atoms with Crippen LogP contribution in [0, 0.1) is 5.41 Å². The topological polar surface area (TPSA) is 37.8 Å². The molecule has 0 aromatic carbocycles. The summed E-state index contributed by atoms with van der Waals surface area (Å²) < 4.78 is 2.19. The minimum Gasteiger partial charge on any atom is -0.313 e. The molecule has 108 valence electrons. The number of aromatic nitrogens is 2. The molecule has 0 bridgehead atoms. The highest BCUT2D eigenvalue weighted by Crippen LogP contribution is 2.43. The van der Waals surface area contributed by atoms with Gasteiger partial charge in [-0.25, -0.2) is 0 Å². The second-order valence-corrected chi connectivity index (χ2v) is 9.28. The zero-order chi connectivity index (χ0) is 13.9. The highest BCUT2D eigenvalue weighted by Gasteiger charge is 2.35. The second-order valence-electron chi connectivity index (χ2n) is 5.77. The quantitative estimate of drug-likeness (QED) is 0.834. The van der Waals surface area contributed by atoms with Crippen LogP contribution in [-0.4, -0.2) is 34.3 Å². The van der Waals surface area contributed by atoms with Gasteiger partial charge < -0.3 is 5.32 Å². The van der Waals surface area contributed by atoms with E-state index >= 15 is 0 Å². The average molecular weight is 318 g/mol. The lowest BCUT2D eigenvalue weighted by atomic mass is 9.75. The van der Waals surface area contributed by atoms with E-state index < -0.39 is 0 Å². The van der Waals surface area contributed by atoms with Crippen molar-refractivity contribution in [1.82, 2.24) is 15.5 Å². The molecule has 1 aliphatic rings. The Morgan fingerprint density at radius 1 is 1.37 bits per heavy atom. The minimum absolute atomic E-state index is 0.455. The Balaban J connectivity index is 2.04. The standard InChI is InChI=1S/C13H23N3S3/c1-5-14-9-6-7-13(2,3)8-10(9)18-12-16-15-11(17-4)19-12/h9-10,14H,5-8H2,1-4H3. The first-order valence-electron chi connectivity index (χ1n) is 6.81. The normalized spacial score (nSPS) is 26.5. The van der Waals surface area contributed by atoms with E-state index in [1.54, 1.807) is 23.1 Å². The average Bonchev–Trinajstić information content (AvgIpc) is 2.80. The monoisotopic (exact) mass is 317 g/mol. The summed E-state index contributed by atoms with van der Waals surface area (Å²) in [5, 5.41) is 12.8. The number of nitrogens with one attached hydrogen (secondary N) is 1. The summed E-state index contributed by atoms with van der Waals surface area (Å²) in [5.41, 5.74) is 0.455. The molecule has 3 nitrogen and oxygen atoms in total. The van der Waals surface area contributed by atoms with Crippen molar-refractivity contribution in [3.63, 3.8) is 0 Å². The molecule has 1 aliphatic carbocycles. The van der Waals surface area contributed by atoms with Crippen LogP contribution in [0.15, 0.2) is 8.68 Å². The Labute approximate surface area is 128 Å². The van der Waals surface area contributed by atoms with Crippen molar-refractivity contribution >= 4 is 34.9 Å². The Morgan fingerprint density at radius 3 is 2.74 bits per heavy atom. The summed E-state index contributed by atoms with van der Waals surface area (Å²) in [4.78, 5) is 0. The molecule has 2 unspecified atom stereocenters. The highest BCUT2D eigenvalue weighted by molar-refractivity contribution is 8.03. The number of rotatable bonds is 5. The van der Waals surface area contributed by atoms with Gasteiger partial charge in [-0.1, -0.05) is 55.6 Å². The zero-order valence-electron chi connectivity index (χ0n) is 12.1. The molecule has 6 heteroatoms. The van der Waals surface area contributed by atoms with Crippen molar-refractivity contribution in [2.45, 2.75) is 60.0 Å². The van der Waals surface area contributed by atoms with E-state index in [4.69, 9.17) is 0 Å². The van der Waals surface area contributed by atoms with Crippen LogP contribution in [-0.2, 0) is 0 Å². The number of thioether (sulfide) groups is 2. The van der Waals surface area contributed by atoms with Gasteiger partial charge in [0.05, 0.1) is 0 Å². The maximum Gasteiger partial charge on any atom is 0.175 e. The third kappa shape index (κ3) is 4.34. The molecule has 0 radical (unpaired) electrons. The van der Waals surface area contributed by atoms with Gasteiger partial charge in [-0.3, -0.25) is 0 Å². The lowest BCUT2D eigenvalue weighted by Crippen LogP contribution is -2.44. The van der Waals surface area contributed by atoms with Crippen LogP contribution in [0.3, 0.4) is 0 Å². The predicted octanol–water partition coefficient (Wildman–Crippen LogP) is 3.91. The van der Waals surface area contributed by atoms with Gasteiger partial charge in [0, 0.05) is 11.3 Å². The summed E-state index contributed by atoms with van der Waals surface area (Å²) in [6.45, 7) is 8.01. The van der Waals surface area contributed by atoms with E-state index in [0.29, 0.717) is 16.7 Å². The summed E-state index contributed by atoms with van der Waals surface area (Å²) in [5.74, 6) is 0. The fraction of sp³-hybridized carbons (Fsp3) is 0.846. The first-order valence-corrected chi connectivity index (χ1v) is 9.73. The van der Waals surface area contributed by atoms with E-state index in [0.717, 1.165) is 15.2 Å². The molecular formula is C13H23N3S3. The van der Waals surface area contributed by atoms with Crippen LogP contribution in [0.2, 0.25) is 0 Å². The SMILES string of the molecule is CCNC1CCC(C)(C)CC1Sc1nnc(SC)s1. The fourth-order valence-corrected chi connectivity index (χ4v) is 5.84. The molecule has 2 rings (SSSR count). The van der Waals surface area contributed by atoms with Crippen molar-refractivity contribution in [2.75, 3.05) is 12.8 Å². The van der Waals surface area contributed by atoms with Crippen LogP contribution >= 0.6 is 34.9 Å². The molecular weight excluding hydrogens is 294 g/mol. The molecule has 0 amide bonds. The van der Waals surface area contributed by atoms with Crippen molar-refractivity contribution in [3.8, 4) is 0 Å². The van der Waals surface area contributed by atoms with Crippen LogP contribution in [0.1, 0.15) is 40.0 Å². The fourth-order valence-electron chi connectivity index (χ4n) is 2.60. The van der Waals surface area contributed by atoms with E-state index in [-0.39, 0.29) is 0 Å². The molecule has 1 aromatic rings. The van der Waals surface area contributed by atoms with E-state index in [9.17, 15) is 0 Å². The molecule has 2 atom stereocenters. The molecule has 1 aromatic heterocycles. The zero-order valence-corrected chi connectivity index (χ0v) is 14.6. The number of hydrogen-bond donors (Lipinski definition) is 1. The van der Waals surface area contributed by atoms with Gasteiger partial charge in [-0.15, -0.1) is 10.2 Å². The van der Waals surface area contributed by atoms with Gasteiger partial charge in [0.25, 0.3) is 0 Å². The molecule has 19 heavy (non-hydrogen) atoms. The minimum atomic E-state index is 0.455.